The first kappa shape index (κ1) is 14.7. The summed E-state index contributed by atoms with van der Waals surface area (Å²) in [5, 5.41) is 5.77. The second-order valence-electron chi connectivity index (χ2n) is 4.34. The average Bonchev–Trinajstić information content (AvgIpc) is 2.53. The van der Waals surface area contributed by atoms with E-state index >= 15 is 0 Å². The largest absolute Gasteiger partial charge is 0.497 e. The van der Waals surface area contributed by atoms with Gasteiger partial charge in [-0.05, 0) is 36.4 Å². The number of methoxy groups -OCH3 is 1. The molecule has 0 aromatic heterocycles. The predicted octanol–water partition coefficient (Wildman–Crippen LogP) is 2.75. The third-order valence-electron chi connectivity index (χ3n) is 2.87. The SMILES string of the molecule is CNc1ccc(OCC(=O)Nc2cccc(OC)c2)cc1. The summed E-state index contributed by atoms with van der Waals surface area (Å²) in [5.74, 6) is 1.12. The van der Waals surface area contributed by atoms with Gasteiger partial charge in [-0.15, -0.1) is 0 Å². The molecule has 0 aliphatic rings. The number of nitrogens with one attached hydrogen (secondary N) is 2. The molecule has 0 aliphatic heterocycles. The van der Waals surface area contributed by atoms with Crippen molar-refractivity contribution in [2.45, 2.75) is 0 Å². The molecule has 0 atom stereocenters. The zero-order valence-electron chi connectivity index (χ0n) is 12.1. The Kier molecular flexibility index (Phi) is 5.04. The number of carbonyl (C=O) groups excluding carboxylic acids is 1. The first-order chi connectivity index (χ1) is 10.2. The minimum absolute atomic E-state index is 0.0455. The zero-order chi connectivity index (χ0) is 15.1. The Bertz CT molecular complexity index is 597. The molecule has 0 fully saturated rings. The second kappa shape index (κ2) is 7.19. The molecule has 0 radical (unpaired) electrons. The van der Waals surface area contributed by atoms with Crippen LogP contribution in [0.3, 0.4) is 0 Å². The van der Waals surface area contributed by atoms with Gasteiger partial charge < -0.3 is 20.1 Å². The summed E-state index contributed by atoms with van der Waals surface area (Å²) in [6.45, 7) is -0.0455. The minimum atomic E-state index is -0.221. The van der Waals surface area contributed by atoms with Crippen LogP contribution < -0.4 is 20.1 Å². The van der Waals surface area contributed by atoms with E-state index in [1.807, 2.05) is 43.4 Å². The maximum absolute atomic E-state index is 11.8. The van der Waals surface area contributed by atoms with Crippen molar-refractivity contribution in [2.75, 3.05) is 31.4 Å². The van der Waals surface area contributed by atoms with Crippen molar-refractivity contribution in [3.63, 3.8) is 0 Å². The van der Waals surface area contributed by atoms with Gasteiger partial charge in [0.1, 0.15) is 11.5 Å². The Balaban J connectivity index is 1.86. The molecule has 1 amide bonds. The molecule has 2 aromatic rings. The lowest BCUT2D eigenvalue weighted by atomic mass is 10.3. The highest BCUT2D eigenvalue weighted by Crippen LogP contribution is 2.17. The van der Waals surface area contributed by atoms with Crippen LogP contribution in [-0.2, 0) is 4.79 Å². The van der Waals surface area contributed by atoms with Gasteiger partial charge in [-0.25, -0.2) is 0 Å². The van der Waals surface area contributed by atoms with Crippen molar-refractivity contribution < 1.29 is 14.3 Å². The molecule has 2 N–H and O–H groups in total. The van der Waals surface area contributed by atoms with Crippen molar-refractivity contribution in [1.82, 2.24) is 0 Å². The molecule has 5 heteroatoms. The smallest absolute Gasteiger partial charge is 0.262 e. The maximum Gasteiger partial charge on any atom is 0.262 e. The van der Waals surface area contributed by atoms with Crippen molar-refractivity contribution in [3.8, 4) is 11.5 Å². The second-order valence-corrected chi connectivity index (χ2v) is 4.34. The molecule has 2 rings (SSSR count). The molecule has 0 aliphatic carbocycles. The Morgan fingerprint density at radius 2 is 1.81 bits per heavy atom. The van der Waals surface area contributed by atoms with Crippen molar-refractivity contribution >= 4 is 17.3 Å². The number of amides is 1. The van der Waals surface area contributed by atoms with Crippen LogP contribution in [0.2, 0.25) is 0 Å². The summed E-state index contributed by atoms with van der Waals surface area (Å²) >= 11 is 0. The van der Waals surface area contributed by atoms with Gasteiger partial charge in [0.2, 0.25) is 0 Å². The average molecular weight is 286 g/mol. The van der Waals surface area contributed by atoms with Gasteiger partial charge in [0.05, 0.1) is 7.11 Å². The molecule has 0 saturated carbocycles. The van der Waals surface area contributed by atoms with E-state index in [9.17, 15) is 4.79 Å². The Morgan fingerprint density at radius 3 is 2.48 bits per heavy atom. The summed E-state index contributed by atoms with van der Waals surface area (Å²) in [4.78, 5) is 11.8. The van der Waals surface area contributed by atoms with E-state index in [-0.39, 0.29) is 12.5 Å². The highest BCUT2D eigenvalue weighted by molar-refractivity contribution is 5.92. The van der Waals surface area contributed by atoms with E-state index in [4.69, 9.17) is 9.47 Å². The summed E-state index contributed by atoms with van der Waals surface area (Å²) < 4.78 is 10.5. The minimum Gasteiger partial charge on any atom is -0.497 e. The van der Waals surface area contributed by atoms with Gasteiger partial charge in [0, 0.05) is 24.5 Å². The van der Waals surface area contributed by atoms with Crippen LogP contribution >= 0.6 is 0 Å². The van der Waals surface area contributed by atoms with Crippen molar-refractivity contribution in [3.05, 3.63) is 48.5 Å². The monoisotopic (exact) mass is 286 g/mol. The predicted molar refractivity (Wildman–Crippen MR) is 83.1 cm³/mol. The van der Waals surface area contributed by atoms with Crippen molar-refractivity contribution in [1.29, 1.82) is 0 Å². The lowest BCUT2D eigenvalue weighted by molar-refractivity contribution is -0.118. The van der Waals surface area contributed by atoms with Gasteiger partial charge in [-0.2, -0.15) is 0 Å². The number of carbonyl (C=O) groups is 1. The molecule has 110 valence electrons. The third-order valence-corrected chi connectivity index (χ3v) is 2.87. The lowest BCUT2D eigenvalue weighted by Crippen LogP contribution is -2.20. The zero-order valence-corrected chi connectivity index (χ0v) is 12.1. The fraction of sp³-hybridized carbons (Fsp3) is 0.188. The fourth-order valence-electron chi connectivity index (χ4n) is 1.76. The van der Waals surface area contributed by atoms with Crippen LogP contribution in [0.1, 0.15) is 0 Å². The van der Waals surface area contributed by atoms with Gasteiger partial charge in [0.25, 0.3) is 5.91 Å². The molecule has 2 aromatic carbocycles. The van der Waals surface area contributed by atoms with Crippen LogP contribution in [-0.4, -0.2) is 26.7 Å². The molecular formula is C16H18N2O3. The Hall–Kier alpha value is -2.69. The van der Waals surface area contributed by atoms with Gasteiger partial charge in [0.15, 0.2) is 6.61 Å². The summed E-state index contributed by atoms with van der Waals surface area (Å²) in [7, 11) is 3.43. The van der Waals surface area contributed by atoms with Gasteiger partial charge >= 0.3 is 0 Å². The first-order valence-electron chi connectivity index (χ1n) is 6.56. The highest BCUT2D eigenvalue weighted by atomic mass is 16.5. The molecule has 5 nitrogen and oxygen atoms in total. The molecule has 0 heterocycles. The standard InChI is InChI=1S/C16H18N2O3/c1-17-12-6-8-14(9-7-12)21-11-16(19)18-13-4-3-5-15(10-13)20-2/h3-10,17H,11H2,1-2H3,(H,18,19). The lowest BCUT2D eigenvalue weighted by Gasteiger charge is -2.09. The Labute approximate surface area is 123 Å². The number of hydrogen-bond acceptors (Lipinski definition) is 4. The van der Waals surface area contributed by atoms with E-state index in [1.165, 1.54) is 0 Å². The van der Waals surface area contributed by atoms with E-state index in [0.29, 0.717) is 17.2 Å². The summed E-state index contributed by atoms with van der Waals surface area (Å²) in [5.41, 5.74) is 1.66. The summed E-state index contributed by atoms with van der Waals surface area (Å²) in [6.07, 6.45) is 0. The molecule has 21 heavy (non-hydrogen) atoms. The molecule has 0 spiro atoms. The number of hydrogen-bond donors (Lipinski definition) is 2. The van der Waals surface area contributed by atoms with E-state index in [2.05, 4.69) is 10.6 Å². The van der Waals surface area contributed by atoms with E-state index in [1.54, 1.807) is 19.2 Å². The van der Waals surface area contributed by atoms with Crippen LogP contribution in [0.4, 0.5) is 11.4 Å². The molecular weight excluding hydrogens is 268 g/mol. The normalized spacial score (nSPS) is 9.81. The topological polar surface area (TPSA) is 59.6 Å². The van der Waals surface area contributed by atoms with E-state index in [0.717, 1.165) is 5.69 Å². The van der Waals surface area contributed by atoms with E-state index < -0.39 is 0 Å². The number of anilines is 2. The number of benzene rings is 2. The number of ether oxygens (including phenoxy) is 2. The van der Waals surface area contributed by atoms with Gasteiger partial charge in [-0.1, -0.05) is 6.07 Å². The Morgan fingerprint density at radius 1 is 1.05 bits per heavy atom. The van der Waals surface area contributed by atoms with Crippen LogP contribution in [0.5, 0.6) is 11.5 Å². The summed E-state index contributed by atoms with van der Waals surface area (Å²) in [6, 6.07) is 14.6. The van der Waals surface area contributed by atoms with Crippen LogP contribution in [0.15, 0.2) is 48.5 Å². The van der Waals surface area contributed by atoms with Crippen LogP contribution in [0, 0.1) is 0 Å². The van der Waals surface area contributed by atoms with Crippen LogP contribution in [0.25, 0.3) is 0 Å². The third kappa shape index (κ3) is 4.42. The first-order valence-corrected chi connectivity index (χ1v) is 6.56. The van der Waals surface area contributed by atoms with Crippen molar-refractivity contribution in [2.24, 2.45) is 0 Å². The highest BCUT2D eigenvalue weighted by Gasteiger charge is 2.04. The maximum atomic E-state index is 11.8. The molecule has 0 unspecified atom stereocenters. The molecule has 0 bridgehead atoms. The fourth-order valence-corrected chi connectivity index (χ4v) is 1.76. The van der Waals surface area contributed by atoms with Gasteiger partial charge in [-0.3, -0.25) is 4.79 Å². The number of rotatable bonds is 6. The molecule has 0 saturated heterocycles. The quantitative estimate of drug-likeness (QED) is 0.857.